The minimum absolute atomic E-state index is 0.0463. The summed E-state index contributed by atoms with van der Waals surface area (Å²) in [7, 11) is 0. The number of benzene rings is 1. The molecule has 0 radical (unpaired) electrons. The first-order chi connectivity index (χ1) is 9.79. The second-order valence-electron chi connectivity index (χ2n) is 5.38. The molecule has 0 aliphatic carbocycles. The van der Waals surface area contributed by atoms with Gasteiger partial charge in [-0.15, -0.1) is 0 Å². The molecule has 20 heavy (non-hydrogen) atoms. The van der Waals surface area contributed by atoms with E-state index in [1.807, 2.05) is 6.07 Å². The van der Waals surface area contributed by atoms with E-state index >= 15 is 0 Å². The van der Waals surface area contributed by atoms with Gasteiger partial charge in [-0.3, -0.25) is 0 Å². The first kappa shape index (κ1) is 13.1. The molecular formula is C17H20N2O. The molecule has 3 nitrogen and oxygen atoms in total. The summed E-state index contributed by atoms with van der Waals surface area (Å²) in [6.07, 6.45) is 5.31. The van der Waals surface area contributed by atoms with Gasteiger partial charge in [0.25, 0.3) is 0 Å². The van der Waals surface area contributed by atoms with E-state index in [2.05, 4.69) is 41.1 Å². The van der Waals surface area contributed by atoms with Gasteiger partial charge in [0.15, 0.2) is 0 Å². The first-order valence-electron chi connectivity index (χ1n) is 7.21. The van der Waals surface area contributed by atoms with E-state index in [4.69, 9.17) is 0 Å². The van der Waals surface area contributed by atoms with Crippen LogP contribution in [0.25, 0.3) is 0 Å². The molecule has 1 aliphatic rings. The molecule has 0 spiro atoms. The Labute approximate surface area is 119 Å². The summed E-state index contributed by atoms with van der Waals surface area (Å²) >= 11 is 0. The Morgan fingerprint density at radius 3 is 2.90 bits per heavy atom. The highest BCUT2D eigenvalue weighted by molar-refractivity contribution is 5.66. The molecule has 0 saturated heterocycles. The van der Waals surface area contributed by atoms with Crippen molar-refractivity contribution in [3.63, 3.8) is 0 Å². The van der Waals surface area contributed by atoms with Crippen molar-refractivity contribution in [2.45, 2.75) is 32.8 Å². The third-order valence-corrected chi connectivity index (χ3v) is 3.91. The Kier molecular flexibility index (Phi) is 3.70. The topological polar surface area (TPSA) is 36.4 Å². The number of pyridine rings is 1. The number of aryl methyl sites for hydroxylation is 2. The number of aromatic nitrogens is 1. The zero-order valence-corrected chi connectivity index (χ0v) is 11.8. The minimum atomic E-state index is 0.0463. The van der Waals surface area contributed by atoms with Crippen molar-refractivity contribution < 1.29 is 5.11 Å². The lowest BCUT2D eigenvalue weighted by Crippen LogP contribution is -2.20. The predicted molar refractivity (Wildman–Crippen MR) is 81.3 cm³/mol. The maximum atomic E-state index is 9.21. The van der Waals surface area contributed by atoms with Crippen molar-refractivity contribution in [3.05, 3.63) is 53.2 Å². The Balaban J connectivity index is 2.05. The Hall–Kier alpha value is -1.87. The van der Waals surface area contributed by atoms with E-state index in [9.17, 15) is 5.11 Å². The van der Waals surface area contributed by atoms with Crippen LogP contribution in [-0.2, 0) is 13.0 Å². The lowest BCUT2D eigenvalue weighted by Gasteiger charge is -2.25. The maximum absolute atomic E-state index is 9.21. The van der Waals surface area contributed by atoms with Gasteiger partial charge in [0.1, 0.15) is 5.82 Å². The van der Waals surface area contributed by atoms with Gasteiger partial charge in [0.05, 0.1) is 6.61 Å². The minimum Gasteiger partial charge on any atom is -0.392 e. The Morgan fingerprint density at radius 1 is 1.25 bits per heavy atom. The Morgan fingerprint density at radius 2 is 2.10 bits per heavy atom. The van der Waals surface area contributed by atoms with Crippen LogP contribution < -0.4 is 4.90 Å². The van der Waals surface area contributed by atoms with Gasteiger partial charge in [-0.25, -0.2) is 4.98 Å². The van der Waals surface area contributed by atoms with Gasteiger partial charge in [-0.05, 0) is 55.0 Å². The molecule has 3 rings (SSSR count). The Bertz CT molecular complexity index is 610. The third-order valence-electron chi connectivity index (χ3n) is 3.91. The summed E-state index contributed by atoms with van der Waals surface area (Å²) in [6.45, 7) is 3.11. The summed E-state index contributed by atoms with van der Waals surface area (Å²) in [5.74, 6) is 1.01. The standard InChI is InChI=1S/C17H20N2O/c1-13-10-14(12-20)11-18-17(13)19-9-5-4-7-15-6-2-3-8-16(15)19/h2-3,6,8,10-11,20H,4-5,7,9,12H2,1H3. The molecule has 2 heterocycles. The van der Waals surface area contributed by atoms with Gasteiger partial charge in [0, 0.05) is 18.4 Å². The van der Waals surface area contributed by atoms with Crippen LogP contribution in [0, 0.1) is 6.92 Å². The van der Waals surface area contributed by atoms with Crippen LogP contribution in [0.15, 0.2) is 36.5 Å². The zero-order valence-electron chi connectivity index (χ0n) is 11.8. The molecule has 1 N–H and O–H groups in total. The number of hydrogen-bond acceptors (Lipinski definition) is 3. The second-order valence-corrected chi connectivity index (χ2v) is 5.38. The molecule has 0 amide bonds. The number of aliphatic hydroxyl groups excluding tert-OH is 1. The molecule has 0 fully saturated rings. The van der Waals surface area contributed by atoms with Gasteiger partial charge < -0.3 is 10.0 Å². The van der Waals surface area contributed by atoms with E-state index < -0.39 is 0 Å². The van der Waals surface area contributed by atoms with Crippen LogP contribution in [0.3, 0.4) is 0 Å². The van der Waals surface area contributed by atoms with Crippen molar-refractivity contribution in [1.29, 1.82) is 0 Å². The SMILES string of the molecule is Cc1cc(CO)cnc1N1CCCCc2ccccc21. The summed E-state index contributed by atoms with van der Waals surface area (Å²) < 4.78 is 0. The fraction of sp³-hybridized carbons (Fsp3) is 0.353. The highest BCUT2D eigenvalue weighted by Gasteiger charge is 2.18. The third kappa shape index (κ3) is 2.41. The smallest absolute Gasteiger partial charge is 0.135 e. The number of fused-ring (bicyclic) bond motifs is 1. The van der Waals surface area contributed by atoms with E-state index in [0.29, 0.717) is 0 Å². The highest BCUT2D eigenvalue weighted by atomic mass is 16.3. The summed E-state index contributed by atoms with van der Waals surface area (Å²) in [6, 6.07) is 10.6. The van der Waals surface area contributed by atoms with Gasteiger partial charge in [-0.1, -0.05) is 18.2 Å². The molecular weight excluding hydrogens is 248 g/mol. The molecule has 0 unspecified atom stereocenters. The van der Waals surface area contributed by atoms with Gasteiger partial charge >= 0.3 is 0 Å². The fourth-order valence-corrected chi connectivity index (χ4v) is 2.91. The monoisotopic (exact) mass is 268 g/mol. The van der Waals surface area contributed by atoms with Crippen molar-refractivity contribution in [2.24, 2.45) is 0 Å². The molecule has 0 bridgehead atoms. The molecule has 1 aromatic heterocycles. The van der Waals surface area contributed by atoms with Crippen LogP contribution in [0.2, 0.25) is 0 Å². The van der Waals surface area contributed by atoms with Crippen molar-refractivity contribution >= 4 is 11.5 Å². The number of rotatable bonds is 2. The lowest BCUT2D eigenvalue weighted by molar-refractivity contribution is 0.281. The van der Waals surface area contributed by atoms with Crippen LogP contribution in [0.1, 0.15) is 29.5 Å². The molecule has 2 aromatic rings. The van der Waals surface area contributed by atoms with Gasteiger partial charge in [-0.2, -0.15) is 0 Å². The maximum Gasteiger partial charge on any atom is 0.135 e. The van der Waals surface area contributed by atoms with E-state index in [0.717, 1.165) is 29.9 Å². The van der Waals surface area contributed by atoms with Crippen molar-refractivity contribution in [2.75, 3.05) is 11.4 Å². The second kappa shape index (κ2) is 5.63. The van der Waals surface area contributed by atoms with E-state index in [1.54, 1.807) is 6.20 Å². The average molecular weight is 268 g/mol. The number of aliphatic hydroxyl groups is 1. The molecule has 104 valence electrons. The highest BCUT2D eigenvalue weighted by Crippen LogP contribution is 2.33. The van der Waals surface area contributed by atoms with Crippen LogP contribution >= 0.6 is 0 Å². The van der Waals surface area contributed by atoms with Crippen LogP contribution in [0.4, 0.5) is 11.5 Å². The first-order valence-corrected chi connectivity index (χ1v) is 7.21. The largest absolute Gasteiger partial charge is 0.392 e. The quantitative estimate of drug-likeness (QED) is 0.907. The molecule has 0 atom stereocenters. The molecule has 3 heteroatoms. The summed E-state index contributed by atoms with van der Waals surface area (Å²) in [4.78, 5) is 6.90. The van der Waals surface area contributed by atoms with Crippen LogP contribution in [-0.4, -0.2) is 16.6 Å². The normalized spacial score (nSPS) is 14.8. The van der Waals surface area contributed by atoms with Crippen molar-refractivity contribution in [1.82, 2.24) is 4.98 Å². The number of para-hydroxylation sites is 1. The summed E-state index contributed by atoms with van der Waals surface area (Å²) in [5, 5.41) is 9.21. The fourth-order valence-electron chi connectivity index (χ4n) is 2.91. The van der Waals surface area contributed by atoms with Gasteiger partial charge in [0.2, 0.25) is 0 Å². The number of hydrogen-bond donors (Lipinski definition) is 1. The average Bonchev–Trinajstić information content (AvgIpc) is 2.69. The predicted octanol–water partition coefficient (Wildman–Crippen LogP) is 3.36. The van der Waals surface area contributed by atoms with Crippen LogP contribution in [0.5, 0.6) is 0 Å². The number of nitrogens with zero attached hydrogens (tertiary/aromatic N) is 2. The van der Waals surface area contributed by atoms with Crippen molar-refractivity contribution in [3.8, 4) is 0 Å². The number of anilines is 2. The zero-order chi connectivity index (χ0) is 13.9. The van der Waals surface area contributed by atoms with E-state index in [1.165, 1.54) is 24.1 Å². The molecule has 1 aliphatic heterocycles. The lowest BCUT2D eigenvalue weighted by atomic mass is 10.1. The van der Waals surface area contributed by atoms with E-state index in [-0.39, 0.29) is 6.61 Å². The molecule has 0 saturated carbocycles. The summed E-state index contributed by atoms with van der Waals surface area (Å²) in [5.41, 5.74) is 4.66. The molecule has 1 aromatic carbocycles.